The van der Waals surface area contributed by atoms with Crippen LogP contribution in [-0.4, -0.2) is 18.9 Å². The molecule has 0 aliphatic carbocycles. The normalized spacial score (nSPS) is 10.5. The van der Waals surface area contributed by atoms with Crippen molar-refractivity contribution in [3.8, 4) is 5.75 Å². The van der Waals surface area contributed by atoms with Gasteiger partial charge in [-0.3, -0.25) is 0 Å². The van der Waals surface area contributed by atoms with Crippen LogP contribution >= 0.6 is 0 Å². The Kier molecular flexibility index (Phi) is 15.0. The molecular weight excluding hydrogens is 377 g/mol. The molecule has 2 rings (SSSR count). The molecule has 2 aromatic rings. The van der Waals surface area contributed by atoms with Crippen molar-refractivity contribution in [3.63, 3.8) is 0 Å². The Labute approximate surface area is 182 Å². The summed E-state index contributed by atoms with van der Waals surface area (Å²) < 4.78 is 17.9. The van der Waals surface area contributed by atoms with Crippen molar-refractivity contribution in [2.45, 2.75) is 53.9 Å². The number of nitrogens with two attached hydrogens (primary N) is 1. The fourth-order valence-electron chi connectivity index (χ4n) is 2.79. The highest BCUT2D eigenvalue weighted by Crippen LogP contribution is 2.27. The van der Waals surface area contributed by atoms with Gasteiger partial charge in [0.25, 0.3) is 0 Å². The quantitative estimate of drug-likeness (QED) is 0.437. The molecule has 0 saturated carbocycles. The number of benzene rings is 2. The maximum Gasteiger partial charge on any atom is 0.168 e. The number of phenols is 1. The predicted octanol–water partition coefficient (Wildman–Crippen LogP) is 6.18. The van der Waals surface area contributed by atoms with Gasteiger partial charge in [0.2, 0.25) is 0 Å². The minimum Gasteiger partial charge on any atom is -0.505 e. The highest BCUT2D eigenvalue weighted by Gasteiger charge is 2.12. The largest absolute Gasteiger partial charge is 0.505 e. The molecule has 2 aromatic carbocycles. The monoisotopic (exact) mass is 415 g/mol. The van der Waals surface area contributed by atoms with Crippen LogP contribution in [0.15, 0.2) is 54.6 Å². The molecule has 0 amide bonds. The highest BCUT2D eigenvalue weighted by atomic mass is 19.1. The summed E-state index contributed by atoms with van der Waals surface area (Å²) in [5.41, 5.74) is 10.1. The molecule has 166 valence electrons. The minimum absolute atomic E-state index is 0.250. The Balaban J connectivity index is 0.000000537. The summed E-state index contributed by atoms with van der Waals surface area (Å²) in [5.74, 6) is -0.753. The van der Waals surface area contributed by atoms with Gasteiger partial charge in [-0.25, -0.2) is 4.39 Å². The zero-order valence-electron chi connectivity index (χ0n) is 19.3. The fourth-order valence-corrected chi connectivity index (χ4v) is 2.79. The molecule has 0 aliphatic rings. The van der Waals surface area contributed by atoms with Gasteiger partial charge in [0, 0.05) is 7.11 Å². The summed E-state index contributed by atoms with van der Waals surface area (Å²) >= 11 is 0. The Morgan fingerprint density at radius 2 is 1.77 bits per heavy atom. The average Bonchev–Trinajstić information content (AvgIpc) is 2.76. The second kappa shape index (κ2) is 16.4. The lowest BCUT2D eigenvalue weighted by molar-refractivity contribution is 0.207. The Hall–Kier alpha value is -2.43. The Morgan fingerprint density at radius 3 is 2.23 bits per heavy atom. The lowest BCUT2D eigenvalue weighted by Gasteiger charge is -2.12. The second-order valence-electron chi connectivity index (χ2n) is 6.78. The van der Waals surface area contributed by atoms with Crippen LogP contribution in [0, 0.1) is 19.7 Å². The molecule has 0 aliphatic heterocycles. The van der Waals surface area contributed by atoms with Crippen LogP contribution in [0.2, 0.25) is 0 Å². The number of hydrogen-bond donors (Lipinski definition) is 2. The number of allylic oxidation sites excluding steroid dienone is 4. The summed E-state index contributed by atoms with van der Waals surface area (Å²) in [7, 11) is 1.56. The molecule has 0 bridgehead atoms. The van der Waals surface area contributed by atoms with Crippen molar-refractivity contribution >= 4 is 0 Å². The first-order valence-electron chi connectivity index (χ1n) is 10.4. The van der Waals surface area contributed by atoms with Crippen molar-refractivity contribution < 1.29 is 14.2 Å². The molecule has 0 atom stereocenters. The van der Waals surface area contributed by atoms with E-state index in [1.54, 1.807) is 14.0 Å². The van der Waals surface area contributed by atoms with Gasteiger partial charge in [-0.2, -0.15) is 0 Å². The van der Waals surface area contributed by atoms with Gasteiger partial charge in [-0.1, -0.05) is 68.0 Å². The van der Waals surface area contributed by atoms with Gasteiger partial charge in [0.05, 0.1) is 6.73 Å². The summed E-state index contributed by atoms with van der Waals surface area (Å²) in [6, 6.07) is 10.1. The van der Waals surface area contributed by atoms with Crippen LogP contribution in [0.25, 0.3) is 0 Å². The average molecular weight is 416 g/mol. The summed E-state index contributed by atoms with van der Waals surface area (Å²) in [6.07, 6.45) is 10.5. The van der Waals surface area contributed by atoms with Crippen LogP contribution in [0.1, 0.15) is 48.6 Å². The third-order valence-electron chi connectivity index (χ3n) is 4.51. The van der Waals surface area contributed by atoms with Crippen LogP contribution in [0.4, 0.5) is 4.39 Å². The van der Waals surface area contributed by atoms with E-state index in [-0.39, 0.29) is 5.75 Å². The van der Waals surface area contributed by atoms with E-state index in [4.69, 9.17) is 5.73 Å². The van der Waals surface area contributed by atoms with Crippen LogP contribution in [0.3, 0.4) is 0 Å². The molecule has 30 heavy (non-hydrogen) atoms. The van der Waals surface area contributed by atoms with Crippen molar-refractivity contribution in [2.75, 3.05) is 13.8 Å². The van der Waals surface area contributed by atoms with E-state index < -0.39 is 5.82 Å². The molecule has 0 saturated heterocycles. The Bertz CT molecular complexity index is 796. The third kappa shape index (κ3) is 10.4. The van der Waals surface area contributed by atoms with Crippen molar-refractivity contribution in [2.24, 2.45) is 5.73 Å². The highest BCUT2D eigenvalue weighted by molar-refractivity contribution is 5.43. The number of phenolic OH excluding ortho intramolecular Hbond substituents is 1. The van der Waals surface area contributed by atoms with Gasteiger partial charge in [-0.05, 0) is 68.4 Å². The number of aromatic hydroxyl groups is 1. The molecular formula is C26H38FNO2. The maximum atomic E-state index is 13.6. The van der Waals surface area contributed by atoms with E-state index in [2.05, 4.69) is 42.8 Å². The van der Waals surface area contributed by atoms with Gasteiger partial charge in [0.1, 0.15) is 0 Å². The minimum atomic E-state index is -0.503. The number of ether oxygens (including phenoxy) is 1. The molecule has 3 N–H and O–H groups in total. The standard InChI is InChI=1S/C15H19FO.C9H12.C2H7NO/c1-4-6-7-8-9-13-11(3)15(16)14(17)10-12(13)5-2;1-3-9-6-4-5-8(2)7-9;1-4-2-3/h4,6-8,10,17H,5,9H2,1-3H3;4-7H,3H2,1-2H3;2-3H2,1H3/b6-4-,8-7+;;. The van der Waals surface area contributed by atoms with Crippen LogP contribution < -0.4 is 5.73 Å². The SMILES string of the molecule is C/C=C\C=C\Cc1c(CC)cc(O)c(F)c1C.CCc1cccc(C)c1.COCN. The predicted molar refractivity (Wildman–Crippen MR) is 126 cm³/mol. The van der Waals surface area contributed by atoms with E-state index in [0.717, 1.165) is 24.0 Å². The first kappa shape index (κ1) is 27.6. The number of rotatable bonds is 6. The van der Waals surface area contributed by atoms with E-state index in [9.17, 15) is 9.50 Å². The summed E-state index contributed by atoms with van der Waals surface area (Å²) in [6.45, 7) is 10.3. The second-order valence-corrected chi connectivity index (χ2v) is 6.78. The van der Waals surface area contributed by atoms with E-state index in [0.29, 0.717) is 18.7 Å². The third-order valence-corrected chi connectivity index (χ3v) is 4.51. The first-order chi connectivity index (χ1) is 14.4. The zero-order valence-corrected chi connectivity index (χ0v) is 19.3. The Morgan fingerprint density at radius 1 is 1.10 bits per heavy atom. The molecule has 0 heterocycles. The molecule has 0 spiro atoms. The van der Waals surface area contributed by atoms with E-state index in [1.165, 1.54) is 17.2 Å². The van der Waals surface area contributed by atoms with E-state index >= 15 is 0 Å². The van der Waals surface area contributed by atoms with Gasteiger partial charge < -0.3 is 15.6 Å². The summed E-state index contributed by atoms with van der Waals surface area (Å²) in [5, 5.41) is 9.44. The number of hydrogen-bond acceptors (Lipinski definition) is 3. The van der Waals surface area contributed by atoms with Crippen LogP contribution in [0.5, 0.6) is 5.75 Å². The van der Waals surface area contributed by atoms with Crippen molar-refractivity contribution in [3.05, 3.63) is 88.3 Å². The lowest BCUT2D eigenvalue weighted by atomic mass is 9.96. The lowest BCUT2D eigenvalue weighted by Crippen LogP contribution is -1.99. The number of halogens is 1. The van der Waals surface area contributed by atoms with Crippen molar-refractivity contribution in [1.29, 1.82) is 0 Å². The molecule has 0 unspecified atom stereocenters. The smallest absolute Gasteiger partial charge is 0.168 e. The number of aryl methyl sites for hydroxylation is 3. The van der Waals surface area contributed by atoms with Gasteiger partial charge in [-0.15, -0.1) is 0 Å². The molecule has 0 radical (unpaired) electrons. The van der Waals surface area contributed by atoms with Crippen LogP contribution in [-0.2, 0) is 24.0 Å². The molecule has 0 aromatic heterocycles. The maximum absolute atomic E-state index is 13.6. The van der Waals surface area contributed by atoms with E-state index in [1.807, 2.05) is 38.2 Å². The molecule has 0 fully saturated rings. The topological polar surface area (TPSA) is 55.5 Å². The van der Waals surface area contributed by atoms with Gasteiger partial charge in [0.15, 0.2) is 11.6 Å². The molecule has 3 nitrogen and oxygen atoms in total. The number of methoxy groups -OCH3 is 1. The van der Waals surface area contributed by atoms with Gasteiger partial charge >= 0.3 is 0 Å². The zero-order chi connectivity index (χ0) is 22.9. The first-order valence-corrected chi connectivity index (χ1v) is 10.4. The molecule has 4 heteroatoms. The summed E-state index contributed by atoms with van der Waals surface area (Å²) in [4.78, 5) is 0. The van der Waals surface area contributed by atoms with Crippen molar-refractivity contribution in [1.82, 2.24) is 0 Å². The fraction of sp³-hybridized carbons (Fsp3) is 0.385.